The zero-order chi connectivity index (χ0) is 26.3. The molecule has 0 amide bonds. The lowest BCUT2D eigenvalue weighted by atomic mass is 9.88. The van der Waals surface area contributed by atoms with Crippen LogP contribution in [0.4, 0.5) is 17.1 Å². The van der Waals surface area contributed by atoms with Gasteiger partial charge in [-0.1, -0.05) is 57.2 Å². The van der Waals surface area contributed by atoms with Crippen molar-refractivity contribution in [3.63, 3.8) is 0 Å². The van der Waals surface area contributed by atoms with Crippen LogP contribution in [0.25, 0.3) is 27.6 Å². The van der Waals surface area contributed by atoms with Crippen molar-refractivity contribution in [3.05, 3.63) is 115 Å². The number of para-hydroxylation sites is 3. The lowest BCUT2D eigenvalue weighted by Gasteiger charge is -2.20. The Morgan fingerprint density at radius 1 is 0.737 bits per heavy atom. The predicted octanol–water partition coefficient (Wildman–Crippen LogP) is 8.59. The highest BCUT2D eigenvalue weighted by molar-refractivity contribution is 6.09. The number of nitrogens with zero attached hydrogens (tertiary/aromatic N) is 2. The lowest BCUT2D eigenvalue weighted by molar-refractivity contribution is 0.483. The third-order valence-electron chi connectivity index (χ3n) is 6.80. The smallest absolute Gasteiger partial charge is 0.137 e. The molecule has 0 unspecified atom stereocenters. The van der Waals surface area contributed by atoms with E-state index < -0.39 is 0 Å². The van der Waals surface area contributed by atoms with Gasteiger partial charge in [-0.05, 0) is 65.6 Å². The molecule has 0 aliphatic carbocycles. The van der Waals surface area contributed by atoms with Crippen LogP contribution < -0.4 is 15.8 Å². The fraction of sp³-hybridized carbons (Fsp3) is 0.121. The maximum absolute atomic E-state index is 6.35. The number of nitrogens with one attached hydrogen (secondary N) is 1. The maximum Gasteiger partial charge on any atom is 0.137 e. The number of benzene rings is 4. The summed E-state index contributed by atoms with van der Waals surface area (Å²) in [5, 5.41) is 5.72. The number of hydrogen-bond donors (Lipinski definition) is 2. The van der Waals surface area contributed by atoms with Gasteiger partial charge in [-0.3, -0.25) is 4.57 Å². The summed E-state index contributed by atoms with van der Waals surface area (Å²) in [6.07, 6.45) is 1.90. The SMILES string of the molecule is CC(C)(C)c1ccnc(-n2c3ccccc3c3ccc(Oc4cccc(Nc5ccccc5N)c4)cc32)c1. The standard InChI is InChI=1S/C33H30N4O/c1-33(2,3)22-17-18-35-32(19-22)37-30-14-7-4-11-26(30)27-16-15-25(21-31(27)37)38-24-10-8-9-23(20-24)36-29-13-6-5-12-28(29)34/h4-21,36H,34H2,1-3H3. The van der Waals surface area contributed by atoms with Gasteiger partial charge in [0.1, 0.15) is 17.3 Å². The van der Waals surface area contributed by atoms with E-state index in [0.717, 1.165) is 45.1 Å². The molecule has 0 fully saturated rings. The predicted molar refractivity (Wildman–Crippen MR) is 158 cm³/mol. The molecule has 4 aromatic carbocycles. The van der Waals surface area contributed by atoms with Crippen LogP contribution in [0.3, 0.4) is 0 Å². The molecule has 0 aliphatic rings. The van der Waals surface area contributed by atoms with Gasteiger partial charge in [-0.15, -0.1) is 0 Å². The molecule has 0 saturated carbocycles. The number of rotatable bonds is 5. The maximum atomic E-state index is 6.35. The Morgan fingerprint density at radius 3 is 2.34 bits per heavy atom. The van der Waals surface area contributed by atoms with E-state index in [2.05, 4.69) is 79.2 Å². The van der Waals surface area contributed by atoms with Crippen LogP contribution in [-0.4, -0.2) is 9.55 Å². The normalized spacial score (nSPS) is 11.7. The molecule has 188 valence electrons. The van der Waals surface area contributed by atoms with E-state index in [-0.39, 0.29) is 5.41 Å². The summed E-state index contributed by atoms with van der Waals surface area (Å²) in [7, 11) is 0. The fourth-order valence-electron chi connectivity index (χ4n) is 4.81. The molecule has 3 N–H and O–H groups in total. The molecule has 0 radical (unpaired) electrons. The minimum Gasteiger partial charge on any atom is -0.457 e. The van der Waals surface area contributed by atoms with Crippen molar-refractivity contribution in [2.75, 3.05) is 11.1 Å². The van der Waals surface area contributed by atoms with Crippen molar-refractivity contribution in [1.29, 1.82) is 0 Å². The minimum absolute atomic E-state index is 0.0220. The topological polar surface area (TPSA) is 65.1 Å². The van der Waals surface area contributed by atoms with Crippen molar-refractivity contribution >= 4 is 38.9 Å². The van der Waals surface area contributed by atoms with Crippen molar-refractivity contribution in [3.8, 4) is 17.3 Å². The molecular formula is C33H30N4O. The van der Waals surface area contributed by atoms with Crippen LogP contribution >= 0.6 is 0 Å². The number of nitrogen functional groups attached to an aromatic ring is 1. The second-order valence-corrected chi connectivity index (χ2v) is 10.5. The average Bonchev–Trinajstić information content (AvgIpc) is 3.23. The summed E-state index contributed by atoms with van der Waals surface area (Å²) in [6, 6.07) is 34.6. The van der Waals surface area contributed by atoms with Gasteiger partial charge in [0, 0.05) is 34.8 Å². The van der Waals surface area contributed by atoms with Crippen molar-refractivity contribution in [1.82, 2.24) is 9.55 Å². The first-order chi connectivity index (χ1) is 18.4. The Hall–Kier alpha value is -4.77. The summed E-state index contributed by atoms with van der Waals surface area (Å²) in [5.41, 5.74) is 12.0. The van der Waals surface area contributed by atoms with Crippen molar-refractivity contribution < 1.29 is 4.74 Å². The number of aromatic nitrogens is 2. The Bertz CT molecular complexity index is 1780. The Balaban J connectivity index is 1.41. The second-order valence-electron chi connectivity index (χ2n) is 10.5. The number of pyridine rings is 1. The number of fused-ring (bicyclic) bond motifs is 3. The minimum atomic E-state index is 0.0220. The van der Waals surface area contributed by atoms with Gasteiger partial charge in [0.25, 0.3) is 0 Å². The molecule has 2 heterocycles. The van der Waals surface area contributed by atoms with Gasteiger partial charge < -0.3 is 15.8 Å². The van der Waals surface area contributed by atoms with E-state index in [1.54, 1.807) is 0 Å². The highest BCUT2D eigenvalue weighted by atomic mass is 16.5. The molecule has 0 spiro atoms. The Kier molecular flexibility index (Phi) is 5.76. The molecule has 2 aromatic heterocycles. The van der Waals surface area contributed by atoms with Crippen LogP contribution in [0.1, 0.15) is 26.3 Å². The molecule has 5 heteroatoms. The number of anilines is 3. The van der Waals surface area contributed by atoms with E-state index >= 15 is 0 Å². The molecule has 6 aromatic rings. The van der Waals surface area contributed by atoms with Gasteiger partial charge in [0.2, 0.25) is 0 Å². The van der Waals surface area contributed by atoms with Crippen LogP contribution in [-0.2, 0) is 5.41 Å². The zero-order valence-electron chi connectivity index (χ0n) is 21.8. The van der Waals surface area contributed by atoms with Crippen LogP contribution in [0.5, 0.6) is 11.5 Å². The molecule has 38 heavy (non-hydrogen) atoms. The van der Waals surface area contributed by atoms with E-state index in [9.17, 15) is 0 Å². The Morgan fingerprint density at radius 2 is 1.50 bits per heavy atom. The van der Waals surface area contributed by atoms with E-state index in [1.165, 1.54) is 10.9 Å². The van der Waals surface area contributed by atoms with E-state index in [0.29, 0.717) is 5.69 Å². The average molecular weight is 499 g/mol. The highest BCUT2D eigenvalue weighted by Gasteiger charge is 2.18. The first-order valence-corrected chi connectivity index (χ1v) is 12.8. The third-order valence-corrected chi connectivity index (χ3v) is 6.80. The Labute approximate surface area is 222 Å². The van der Waals surface area contributed by atoms with Crippen LogP contribution in [0.2, 0.25) is 0 Å². The quantitative estimate of drug-likeness (QED) is 0.234. The first-order valence-electron chi connectivity index (χ1n) is 12.8. The molecule has 0 bridgehead atoms. The third kappa shape index (κ3) is 4.43. The molecular weight excluding hydrogens is 468 g/mol. The first kappa shape index (κ1) is 23.6. The molecule has 5 nitrogen and oxygen atoms in total. The number of ether oxygens (including phenoxy) is 1. The molecule has 0 aliphatic heterocycles. The molecule has 0 atom stereocenters. The van der Waals surface area contributed by atoms with Crippen molar-refractivity contribution in [2.24, 2.45) is 0 Å². The summed E-state index contributed by atoms with van der Waals surface area (Å²) in [5.74, 6) is 2.39. The highest BCUT2D eigenvalue weighted by Crippen LogP contribution is 2.36. The van der Waals surface area contributed by atoms with Crippen LogP contribution in [0, 0.1) is 0 Å². The summed E-state index contributed by atoms with van der Waals surface area (Å²) in [4.78, 5) is 4.77. The second kappa shape index (κ2) is 9.27. The summed E-state index contributed by atoms with van der Waals surface area (Å²) < 4.78 is 8.58. The summed E-state index contributed by atoms with van der Waals surface area (Å²) >= 11 is 0. The van der Waals surface area contributed by atoms with Crippen LogP contribution in [0.15, 0.2) is 109 Å². The zero-order valence-corrected chi connectivity index (χ0v) is 21.8. The molecule has 6 rings (SSSR count). The van der Waals surface area contributed by atoms with E-state index in [1.807, 2.05) is 60.8 Å². The van der Waals surface area contributed by atoms with Gasteiger partial charge in [-0.2, -0.15) is 0 Å². The largest absolute Gasteiger partial charge is 0.457 e. The lowest BCUT2D eigenvalue weighted by Crippen LogP contribution is -2.12. The van der Waals surface area contributed by atoms with Gasteiger partial charge >= 0.3 is 0 Å². The monoisotopic (exact) mass is 498 g/mol. The van der Waals surface area contributed by atoms with Gasteiger partial charge in [0.15, 0.2) is 0 Å². The molecule has 0 saturated heterocycles. The van der Waals surface area contributed by atoms with Gasteiger partial charge in [0.05, 0.1) is 22.4 Å². The summed E-state index contributed by atoms with van der Waals surface area (Å²) in [6.45, 7) is 6.66. The van der Waals surface area contributed by atoms with E-state index in [4.69, 9.17) is 15.5 Å². The van der Waals surface area contributed by atoms with Crippen molar-refractivity contribution in [2.45, 2.75) is 26.2 Å². The number of hydrogen-bond acceptors (Lipinski definition) is 4. The fourth-order valence-corrected chi connectivity index (χ4v) is 4.81. The number of nitrogens with two attached hydrogens (primary N) is 1. The van der Waals surface area contributed by atoms with Gasteiger partial charge in [-0.25, -0.2) is 4.98 Å².